The summed E-state index contributed by atoms with van der Waals surface area (Å²) < 4.78 is 0. The normalized spacial score (nSPS) is 19.5. The summed E-state index contributed by atoms with van der Waals surface area (Å²) in [5.74, 6) is -0.237. The summed E-state index contributed by atoms with van der Waals surface area (Å²) in [7, 11) is 4.58. The van der Waals surface area contributed by atoms with Gasteiger partial charge in [-0.2, -0.15) is 30.4 Å². The van der Waals surface area contributed by atoms with Gasteiger partial charge in [0.15, 0.2) is 0 Å². The molecule has 3 nitrogen and oxygen atoms in total. The fourth-order valence-corrected chi connectivity index (χ4v) is 20.0. The van der Waals surface area contributed by atoms with Crippen molar-refractivity contribution >= 4 is 41.1 Å². The quantitative estimate of drug-likeness (QED) is 0.157. The zero-order chi connectivity index (χ0) is 28.3. The Balaban J connectivity index is 1.49. The molecule has 7 heterocycles. The average Bonchev–Trinajstić information content (AvgIpc) is 3.03. The van der Waals surface area contributed by atoms with Crippen LogP contribution in [-0.4, -0.2) is 25.7 Å². The molecule has 0 saturated carbocycles. The van der Waals surface area contributed by atoms with E-state index in [1.165, 1.54) is 31.4 Å². The molecule has 4 aliphatic rings. The molecule has 0 aliphatic carbocycles. The lowest BCUT2D eigenvalue weighted by Gasteiger charge is -2.30. The van der Waals surface area contributed by atoms with Crippen LogP contribution in [-0.2, 0) is 0 Å². The monoisotopic (exact) mass is 621 g/mol. The summed E-state index contributed by atoms with van der Waals surface area (Å²) in [5.41, 5.74) is 10.0. The molecule has 7 heteroatoms. The molecule has 3 aromatic heterocycles. The summed E-state index contributed by atoms with van der Waals surface area (Å²) >= 11 is 0. The van der Waals surface area contributed by atoms with Crippen molar-refractivity contribution < 1.29 is 0 Å². The van der Waals surface area contributed by atoms with Crippen LogP contribution < -0.4 is 0 Å². The third-order valence-corrected chi connectivity index (χ3v) is 20.2. The SMILES string of the molecule is c1cc2nc(c1)C1c3cccc(n3)C3c4cccc(n4)C2c2ccccc2[S][Al]([S]c2ccccc21)[S]c1ccccc13. The van der Waals surface area contributed by atoms with E-state index in [1.54, 1.807) is 0 Å². The Morgan fingerprint density at radius 1 is 0.349 bits per heavy atom. The Kier molecular flexibility index (Phi) is 6.50. The van der Waals surface area contributed by atoms with Crippen LogP contribution in [0.2, 0.25) is 0 Å². The van der Waals surface area contributed by atoms with Gasteiger partial charge >= 0.3 is 10.8 Å². The lowest BCUT2D eigenvalue weighted by molar-refractivity contribution is 0.758. The van der Waals surface area contributed by atoms with Gasteiger partial charge in [0.05, 0.1) is 51.9 Å². The predicted molar refractivity (Wildman–Crippen MR) is 178 cm³/mol. The van der Waals surface area contributed by atoms with Gasteiger partial charge in [-0.3, -0.25) is 15.0 Å². The van der Waals surface area contributed by atoms with Crippen molar-refractivity contribution in [2.45, 2.75) is 32.4 Å². The van der Waals surface area contributed by atoms with Crippen molar-refractivity contribution in [1.29, 1.82) is 0 Å². The number of rotatable bonds is 0. The van der Waals surface area contributed by atoms with E-state index in [0.717, 1.165) is 34.2 Å². The van der Waals surface area contributed by atoms with Crippen LogP contribution in [0.25, 0.3) is 0 Å². The highest BCUT2D eigenvalue weighted by Gasteiger charge is 2.36. The number of nitrogens with zero attached hydrogens (tertiary/aromatic N) is 3. The molecule has 10 rings (SSSR count). The Morgan fingerprint density at radius 3 is 0.930 bits per heavy atom. The first-order valence-electron chi connectivity index (χ1n) is 14.5. The summed E-state index contributed by atoms with van der Waals surface area (Å²) in [6.45, 7) is 0. The molecule has 0 atom stereocenters. The molecular formula is C36H24AlN3S3. The first-order valence-corrected chi connectivity index (χ1v) is 21.4. The van der Waals surface area contributed by atoms with Crippen LogP contribution >= 0.6 is 30.4 Å². The highest BCUT2D eigenvalue weighted by Crippen LogP contribution is 2.51. The number of benzene rings is 3. The van der Waals surface area contributed by atoms with Gasteiger partial charge in [0.25, 0.3) is 0 Å². The Bertz CT molecular complexity index is 1740. The highest BCUT2D eigenvalue weighted by molar-refractivity contribution is 8.76. The minimum atomic E-state index is -1.66. The summed E-state index contributed by atoms with van der Waals surface area (Å²) in [4.78, 5) is 20.4. The van der Waals surface area contributed by atoms with E-state index in [-0.39, 0.29) is 17.8 Å². The van der Waals surface area contributed by atoms with E-state index in [9.17, 15) is 0 Å². The Hall–Kier alpha value is -3.31. The fraction of sp³-hybridized carbons (Fsp3) is 0.0833. The largest absolute Gasteiger partial charge is 0.530 e. The number of aromatic nitrogens is 3. The molecular weight excluding hydrogens is 598 g/mol. The van der Waals surface area contributed by atoms with E-state index >= 15 is 0 Å². The zero-order valence-corrected chi connectivity index (χ0v) is 26.6. The van der Waals surface area contributed by atoms with Gasteiger partial charge in [0.1, 0.15) is 0 Å². The van der Waals surface area contributed by atoms with Crippen LogP contribution in [0.4, 0.5) is 0 Å². The number of hydrogen-bond acceptors (Lipinski definition) is 6. The standard InChI is InChI=1S/C36H27N3S3.Al/c40-31-19-4-1-10-22(31)34-25-13-7-15-27(37-25)35(23-11-2-5-20-32(23)41)29-17-9-18-30(39-29)36(24-12-3-6-21-33(24)42)28-16-8-14-26(34)38-28;/h1-21,34-36,40-42H;/q;+3/p-3. The molecule has 10 bridgehead atoms. The molecule has 0 saturated heterocycles. The second-order valence-corrected chi connectivity index (χ2v) is 22.7. The van der Waals surface area contributed by atoms with E-state index in [1.807, 2.05) is 0 Å². The van der Waals surface area contributed by atoms with Crippen molar-refractivity contribution in [3.05, 3.63) is 178 Å². The molecule has 0 N–H and O–H groups in total. The van der Waals surface area contributed by atoms with Gasteiger partial charge in [-0.05, 0) is 86.0 Å². The minimum Gasteiger partial charge on any atom is -0.256 e. The first-order chi connectivity index (χ1) is 21.3. The molecule has 3 aromatic carbocycles. The van der Waals surface area contributed by atoms with Crippen LogP contribution in [0, 0.1) is 0 Å². The molecule has 6 aromatic rings. The summed E-state index contributed by atoms with van der Waals surface area (Å²) in [6, 6.07) is 46.5. The topological polar surface area (TPSA) is 38.7 Å². The van der Waals surface area contributed by atoms with E-state index in [2.05, 4.69) is 158 Å². The van der Waals surface area contributed by atoms with Crippen molar-refractivity contribution in [3.63, 3.8) is 0 Å². The van der Waals surface area contributed by atoms with Gasteiger partial charge < -0.3 is 0 Å². The molecule has 43 heavy (non-hydrogen) atoms. The van der Waals surface area contributed by atoms with E-state index in [0.29, 0.717) is 0 Å². The van der Waals surface area contributed by atoms with Gasteiger partial charge in [0, 0.05) is 0 Å². The second-order valence-electron chi connectivity index (χ2n) is 11.0. The van der Waals surface area contributed by atoms with Gasteiger partial charge in [-0.15, -0.1) is 0 Å². The second kappa shape index (κ2) is 10.7. The minimum absolute atomic E-state index is 0.0791. The number of pyridine rings is 3. The van der Waals surface area contributed by atoms with Crippen molar-refractivity contribution in [2.24, 2.45) is 0 Å². The predicted octanol–water partition coefficient (Wildman–Crippen LogP) is 9.01. The van der Waals surface area contributed by atoms with Crippen LogP contribution in [0.3, 0.4) is 0 Å². The lowest BCUT2D eigenvalue weighted by atomic mass is 9.86. The third-order valence-electron chi connectivity index (χ3n) is 8.51. The average molecular weight is 622 g/mol. The van der Waals surface area contributed by atoms with Crippen molar-refractivity contribution in [3.8, 4) is 0 Å². The molecule has 0 amide bonds. The molecule has 4 aliphatic heterocycles. The van der Waals surface area contributed by atoms with Gasteiger partial charge in [-0.1, -0.05) is 72.8 Å². The number of hydrogen-bond donors (Lipinski definition) is 0. The van der Waals surface area contributed by atoms with E-state index < -0.39 is 10.8 Å². The maximum Gasteiger partial charge on any atom is 0.530 e. The summed E-state index contributed by atoms with van der Waals surface area (Å²) in [6.07, 6.45) is 0. The smallest absolute Gasteiger partial charge is 0.256 e. The Labute approximate surface area is 265 Å². The fourth-order valence-electron chi connectivity index (χ4n) is 6.64. The van der Waals surface area contributed by atoms with Crippen molar-refractivity contribution in [1.82, 2.24) is 15.0 Å². The zero-order valence-electron chi connectivity index (χ0n) is 23.0. The molecule has 0 radical (unpaired) electrons. The first kappa shape index (κ1) is 26.1. The third kappa shape index (κ3) is 4.49. The maximum absolute atomic E-state index is 5.48. The van der Waals surface area contributed by atoms with Crippen LogP contribution in [0.1, 0.15) is 68.6 Å². The van der Waals surface area contributed by atoms with Gasteiger partial charge in [-0.25, -0.2) is 0 Å². The van der Waals surface area contributed by atoms with Crippen LogP contribution in [0.15, 0.2) is 142 Å². The molecule has 0 fully saturated rings. The maximum atomic E-state index is 5.48. The molecule has 0 spiro atoms. The Morgan fingerprint density at radius 2 is 0.628 bits per heavy atom. The highest BCUT2D eigenvalue weighted by atomic mass is 32.6. The van der Waals surface area contributed by atoms with Gasteiger partial charge in [0.2, 0.25) is 0 Å². The van der Waals surface area contributed by atoms with Crippen molar-refractivity contribution in [2.75, 3.05) is 0 Å². The van der Waals surface area contributed by atoms with Crippen LogP contribution in [0.5, 0.6) is 0 Å². The van der Waals surface area contributed by atoms with E-state index in [4.69, 9.17) is 15.0 Å². The molecule has 204 valence electrons. The molecule has 0 unspecified atom stereocenters. The lowest BCUT2D eigenvalue weighted by Crippen LogP contribution is -2.19. The summed E-state index contributed by atoms with van der Waals surface area (Å²) in [5, 5.41) is 0.